The van der Waals surface area contributed by atoms with E-state index in [2.05, 4.69) is 39.3 Å². The first-order valence-corrected chi connectivity index (χ1v) is 6.63. The molecule has 1 heterocycles. The Morgan fingerprint density at radius 3 is 2.83 bits per heavy atom. The van der Waals surface area contributed by atoms with Gasteiger partial charge in [-0.05, 0) is 46.1 Å². The molecule has 0 radical (unpaired) electrons. The summed E-state index contributed by atoms with van der Waals surface area (Å²) < 4.78 is 6.31. The number of aryl methyl sites for hydroxylation is 1. The van der Waals surface area contributed by atoms with Gasteiger partial charge in [-0.25, -0.2) is 10.8 Å². The molecule has 0 aliphatic rings. The Bertz CT molecular complexity index is 572. The van der Waals surface area contributed by atoms with Crippen molar-refractivity contribution in [3.63, 3.8) is 0 Å². The molecular weight excluding hydrogens is 294 g/mol. The molecule has 4 nitrogen and oxygen atoms in total. The number of hydrogen-bond acceptors (Lipinski definition) is 4. The Kier molecular flexibility index (Phi) is 4.04. The maximum absolute atomic E-state index is 5.53. The number of fused-ring (bicyclic) bond motifs is 1. The molecule has 0 saturated heterocycles. The zero-order valence-corrected chi connectivity index (χ0v) is 12.0. The van der Waals surface area contributed by atoms with Gasteiger partial charge in [-0.1, -0.05) is 13.3 Å². The van der Waals surface area contributed by atoms with Crippen molar-refractivity contribution in [1.29, 1.82) is 0 Å². The van der Waals surface area contributed by atoms with Crippen LogP contribution in [-0.4, -0.2) is 12.1 Å². The van der Waals surface area contributed by atoms with E-state index in [-0.39, 0.29) is 0 Å². The first kappa shape index (κ1) is 13.1. The highest BCUT2D eigenvalue weighted by molar-refractivity contribution is 9.10. The highest BCUT2D eigenvalue weighted by Crippen LogP contribution is 2.33. The molecule has 0 aliphatic carbocycles. The maximum Gasteiger partial charge on any atom is 0.143 e. The van der Waals surface area contributed by atoms with Crippen LogP contribution in [0.4, 0.5) is 5.82 Å². The van der Waals surface area contributed by atoms with E-state index in [1.54, 1.807) is 7.11 Å². The predicted molar refractivity (Wildman–Crippen MR) is 77.8 cm³/mol. The largest absolute Gasteiger partial charge is 0.496 e. The number of nitrogens with one attached hydrogen (secondary N) is 1. The van der Waals surface area contributed by atoms with Crippen LogP contribution in [0.25, 0.3) is 10.9 Å². The smallest absolute Gasteiger partial charge is 0.143 e. The van der Waals surface area contributed by atoms with Crippen LogP contribution in [0.2, 0.25) is 0 Å². The van der Waals surface area contributed by atoms with E-state index in [1.165, 1.54) is 0 Å². The van der Waals surface area contributed by atoms with Crippen molar-refractivity contribution >= 4 is 32.7 Å². The van der Waals surface area contributed by atoms with E-state index in [0.29, 0.717) is 0 Å². The standard InChI is InChI=1S/C13H16BrN3O/c1-3-4-8-7-9-11(18-2)6-5-10(14)12(9)16-13(8)17-15/h5-7H,3-4,15H2,1-2H3,(H,16,17). The number of halogens is 1. The predicted octanol–water partition coefficient (Wildman–Crippen LogP) is 3.24. The Labute approximate surface area is 115 Å². The van der Waals surface area contributed by atoms with E-state index in [0.717, 1.165) is 45.3 Å². The third-order valence-corrected chi connectivity index (χ3v) is 3.49. The fraction of sp³-hybridized carbons (Fsp3) is 0.308. The maximum atomic E-state index is 5.53. The molecule has 0 fully saturated rings. The van der Waals surface area contributed by atoms with Crippen molar-refractivity contribution in [2.24, 2.45) is 5.84 Å². The second kappa shape index (κ2) is 5.54. The van der Waals surface area contributed by atoms with E-state index < -0.39 is 0 Å². The molecule has 2 aromatic rings. The number of nitrogen functional groups attached to an aromatic ring is 1. The second-order valence-electron chi connectivity index (χ2n) is 4.04. The summed E-state index contributed by atoms with van der Waals surface area (Å²) in [5.41, 5.74) is 4.61. The Hall–Kier alpha value is -1.33. The number of pyridine rings is 1. The van der Waals surface area contributed by atoms with Gasteiger partial charge in [0.25, 0.3) is 0 Å². The molecule has 0 unspecified atom stereocenters. The summed E-state index contributed by atoms with van der Waals surface area (Å²) in [7, 11) is 1.66. The van der Waals surface area contributed by atoms with Gasteiger partial charge in [0.1, 0.15) is 11.6 Å². The van der Waals surface area contributed by atoms with Crippen LogP contribution < -0.4 is 16.0 Å². The molecule has 0 atom stereocenters. The Morgan fingerprint density at radius 1 is 1.44 bits per heavy atom. The molecule has 0 aliphatic heterocycles. The van der Waals surface area contributed by atoms with Gasteiger partial charge in [0.15, 0.2) is 0 Å². The Morgan fingerprint density at radius 2 is 2.22 bits per heavy atom. The van der Waals surface area contributed by atoms with Crippen LogP contribution in [0.5, 0.6) is 5.75 Å². The van der Waals surface area contributed by atoms with Gasteiger partial charge in [-0.2, -0.15) is 0 Å². The number of rotatable bonds is 4. The minimum absolute atomic E-state index is 0.721. The molecule has 2 rings (SSSR count). The van der Waals surface area contributed by atoms with Gasteiger partial charge >= 0.3 is 0 Å². The number of nitrogens with two attached hydrogens (primary N) is 1. The average molecular weight is 310 g/mol. The number of nitrogens with zero attached hydrogens (tertiary/aromatic N) is 1. The molecule has 96 valence electrons. The first-order valence-electron chi connectivity index (χ1n) is 5.84. The van der Waals surface area contributed by atoms with E-state index >= 15 is 0 Å². The van der Waals surface area contributed by atoms with Gasteiger partial charge < -0.3 is 10.2 Å². The third-order valence-electron chi connectivity index (χ3n) is 2.85. The van der Waals surface area contributed by atoms with Crippen LogP contribution in [0.15, 0.2) is 22.7 Å². The fourth-order valence-corrected chi connectivity index (χ4v) is 2.44. The highest BCUT2D eigenvalue weighted by Gasteiger charge is 2.11. The zero-order chi connectivity index (χ0) is 13.1. The van der Waals surface area contributed by atoms with E-state index in [4.69, 9.17) is 10.6 Å². The summed E-state index contributed by atoms with van der Waals surface area (Å²) in [6, 6.07) is 5.94. The van der Waals surface area contributed by atoms with Crippen LogP contribution >= 0.6 is 15.9 Å². The summed E-state index contributed by atoms with van der Waals surface area (Å²) in [5.74, 6) is 7.08. The topological polar surface area (TPSA) is 60.2 Å². The molecule has 1 aromatic heterocycles. The second-order valence-corrected chi connectivity index (χ2v) is 4.89. The lowest BCUT2D eigenvalue weighted by Gasteiger charge is -2.12. The quantitative estimate of drug-likeness (QED) is 0.672. The van der Waals surface area contributed by atoms with Crippen LogP contribution in [0.1, 0.15) is 18.9 Å². The number of ether oxygens (including phenoxy) is 1. The molecule has 5 heteroatoms. The number of hydrazine groups is 1. The van der Waals surface area contributed by atoms with Crippen LogP contribution in [0, 0.1) is 0 Å². The van der Waals surface area contributed by atoms with E-state index in [1.807, 2.05) is 12.1 Å². The lowest BCUT2D eigenvalue weighted by Crippen LogP contribution is -2.11. The number of anilines is 1. The van der Waals surface area contributed by atoms with Crippen molar-refractivity contribution in [2.45, 2.75) is 19.8 Å². The van der Waals surface area contributed by atoms with Gasteiger partial charge in [0, 0.05) is 9.86 Å². The minimum atomic E-state index is 0.721. The van der Waals surface area contributed by atoms with Crippen molar-refractivity contribution < 1.29 is 4.74 Å². The van der Waals surface area contributed by atoms with E-state index in [9.17, 15) is 0 Å². The molecule has 0 saturated carbocycles. The molecular formula is C13H16BrN3O. The van der Waals surface area contributed by atoms with Crippen molar-refractivity contribution in [1.82, 2.24) is 4.98 Å². The lowest BCUT2D eigenvalue weighted by molar-refractivity contribution is 0.419. The number of methoxy groups -OCH3 is 1. The summed E-state index contributed by atoms with van der Waals surface area (Å²) in [5, 5.41) is 0.995. The van der Waals surface area contributed by atoms with Crippen LogP contribution in [0.3, 0.4) is 0 Å². The average Bonchev–Trinajstić information content (AvgIpc) is 2.39. The molecule has 3 N–H and O–H groups in total. The SMILES string of the molecule is CCCc1cc2c(OC)ccc(Br)c2nc1NN. The van der Waals surface area contributed by atoms with Gasteiger partial charge in [0.05, 0.1) is 12.6 Å². The third kappa shape index (κ3) is 2.28. The molecule has 18 heavy (non-hydrogen) atoms. The number of hydrogen-bond donors (Lipinski definition) is 2. The highest BCUT2D eigenvalue weighted by atomic mass is 79.9. The number of benzene rings is 1. The lowest BCUT2D eigenvalue weighted by atomic mass is 10.1. The van der Waals surface area contributed by atoms with Gasteiger partial charge in [0.2, 0.25) is 0 Å². The molecule has 0 spiro atoms. The summed E-state index contributed by atoms with van der Waals surface area (Å²) in [4.78, 5) is 4.56. The Balaban J connectivity index is 2.73. The van der Waals surface area contributed by atoms with Gasteiger partial charge in [-0.15, -0.1) is 0 Å². The summed E-state index contributed by atoms with van der Waals surface area (Å²) >= 11 is 3.50. The number of aromatic nitrogens is 1. The normalized spacial score (nSPS) is 10.7. The fourth-order valence-electron chi connectivity index (χ4n) is 2.01. The first-order chi connectivity index (χ1) is 8.71. The summed E-state index contributed by atoms with van der Waals surface area (Å²) in [6.07, 6.45) is 1.97. The summed E-state index contributed by atoms with van der Waals surface area (Å²) in [6.45, 7) is 2.13. The molecule has 0 bridgehead atoms. The minimum Gasteiger partial charge on any atom is -0.496 e. The molecule has 1 aromatic carbocycles. The van der Waals surface area contributed by atoms with Gasteiger partial charge in [-0.3, -0.25) is 0 Å². The molecule has 0 amide bonds. The van der Waals surface area contributed by atoms with Crippen molar-refractivity contribution in [2.75, 3.05) is 12.5 Å². The zero-order valence-electron chi connectivity index (χ0n) is 10.5. The van der Waals surface area contributed by atoms with Crippen LogP contribution in [-0.2, 0) is 6.42 Å². The van der Waals surface area contributed by atoms with Crippen molar-refractivity contribution in [3.8, 4) is 5.75 Å². The van der Waals surface area contributed by atoms with Crippen molar-refractivity contribution in [3.05, 3.63) is 28.2 Å². The monoisotopic (exact) mass is 309 g/mol.